The van der Waals surface area contributed by atoms with E-state index in [2.05, 4.69) is 64.3 Å². The minimum absolute atomic E-state index is 0.477. The Labute approximate surface area is 133 Å². The third-order valence-corrected chi connectivity index (χ3v) is 4.74. The highest BCUT2D eigenvalue weighted by Gasteiger charge is 2.15. The minimum Gasteiger partial charge on any atom is -0.316 e. The highest BCUT2D eigenvalue weighted by Crippen LogP contribution is 2.28. The molecule has 0 saturated heterocycles. The Morgan fingerprint density at radius 2 is 2.05 bits per heavy atom. The van der Waals surface area contributed by atoms with Crippen LogP contribution in [0.3, 0.4) is 0 Å². The molecule has 2 rings (SSSR count). The van der Waals surface area contributed by atoms with Gasteiger partial charge in [0, 0.05) is 28.0 Å². The number of nitrogens with zero attached hydrogens (tertiary/aromatic N) is 1. The second kappa shape index (κ2) is 7.91. The summed E-state index contributed by atoms with van der Waals surface area (Å²) in [5.41, 5.74) is 3.28. The maximum atomic E-state index is 4.19. The Morgan fingerprint density at radius 3 is 2.70 bits per heavy atom. The largest absolute Gasteiger partial charge is 0.316 e. The first-order chi connectivity index (χ1) is 9.66. The molecule has 1 unspecified atom stereocenters. The summed E-state index contributed by atoms with van der Waals surface area (Å²) in [7, 11) is 0. The zero-order valence-electron chi connectivity index (χ0n) is 12.0. The number of hydrogen-bond acceptors (Lipinski definition) is 3. The highest BCUT2D eigenvalue weighted by atomic mass is 79.9. The predicted octanol–water partition coefficient (Wildman–Crippen LogP) is 4.48. The van der Waals surface area contributed by atoms with Gasteiger partial charge in [-0.3, -0.25) is 4.98 Å². The van der Waals surface area contributed by atoms with Crippen LogP contribution in [-0.4, -0.2) is 18.1 Å². The molecule has 0 aliphatic heterocycles. The monoisotopic (exact) mass is 352 g/mol. The molecule has 20 heavy (non-hydrogen) atoms. The third kappa shape index (κ3) is 4.69. The lowest BCUT2D eigenvalue weighted by atomic mass is 9.95. The number of halogens is 1. The lowest BCUT2D eigenvalue weighted by Crippen LogP contribution is -2.26. The molecule has 0 radical (unpaired) electrons. The summed E-state index contributed by atoms with van der Waals surface area (Å²) in [4.78, 5) is 5.53. The van der Waals surface area contributed by atoms with Gasteiger partial charge in [-0.2, -0.15) is 0 Å². The normalized spacial score (nSPS) is 12.8. The Kier molecular flexibility index (Phi) is 6.20. The lowest BCUT2D eigenvalue weighted by Gasteiger charge is -2.19. The summed E-state index contributed by atoms with van der Waals surface area (Å²) >= 11 is 5.42. The van der Waals surface area contributed by atoms with E-state index in [4.69, 9.17) is 0 Å². The van der Waals surface area contributed by atoms with Crippen LogP contribution in [0.4, 0.5) is 0 Å². The van der Waals surface area contributed by atoms with Gasteiger partial charge < -0.3 is 5.32 Å². The zero-order chi connectivity index (χ0) is 14.4. The van der Waals surface area contributed by atoms with Crippen molar-refractivity contribution in [3.8, 4) is 0 Å². The second-order valence-electron chi connectivity index (χ2n) is 5.44. The number of aromatic nitrogens is 1. The molecule has 0 saturated carbocycles. The van der Waals surface area contributed by atoms with E-state index in [0.29, 0.717) is 11.8 Å². The third-order valence-electron chi connectivity index (χ3n) is 3.22. The molecule has 0 bridgehead atoms. The molecule has 1 atom stereocenters. The quantitative estimate of drug-likeness (QED) is 0.794. The van der Waals surface area contributed by atoms with E-state index in [1.165, 1.54) is 14.9 Å². The average Bonchev–Trinajstić information content (AvgIpc) is 2.91. The molecular formula is C16H21BrN2S. The number of nitrogens with one attached hydrogen (secondary N) is 1. The summed E-state index contributed by atoms with van der Waals surface area (Å²) in [6, 6.07) is 8.52. The smallest absolute Gasteiger partial charge is 0.0794 e. The summed E-state index contributed by atoms with van der Waals surface area (Å²) in [6.07, 6.45) is 3.02. The fourth-order valence-corrected chi connectivity index (χ4v) is 3.52. The molecule has 0 fully saturated rings. The fraction of sp³-hybridized carbons (Fsp3) is 0.438. The molecular weight excluding hydrogens is 332 g/mol. The van der Waals surface area contributed by atoms with E-state index in [1.807, 2.05) is 11.7 Å². The number of benzene rings is 1. The van der Waals surface area contributed by atoms with Gasteiger partial charge in [0.25, 0.3) is 0 Å². The molecule has 4 heteroatoms. The van der Waals surface area contributed by atoms with Crippen LogP contribution < -0.4 is 5.32 Å². The van der Waals surface area contributed by atoms with E-state index < -0.39 is 0 Å². The van der Waals surface area contributed by atoms with Crippen molar-refractivity contribution in [2.75, 3.05) is 13.1 Å². The van der Waals surface area contributed by atoms with Crippen LogP contribution in [0.25, 0.3) is 0 Å². The zero-order valence-corrected chi connectivity index (χ0v) is 14.4. The fourth-order valence-electron chi connectivity index (χ4n) is 2.23. The first-order valence-corrected chi connectivity index (χ1v) is 8.66. The second-order valence-corrected chi connectivity index (χ2v) is 7.27. The first kappa shape index (κ1) is 15.7. The topological polar surface area (TPSA) is 24.9 Å². The molecule has 0 spiro atoms. The molecule has 1 aromatic heterocycles. The van der Waals surface area contributed by atoms with Crippen LogP contribution in [0.15, 0.2) is 40.4 Å². The Balaban J connectivity index is 2.09. The predicted molar refractivity (Wildman–Crippen MR) is 90.4 cm³/mol. The Hall–Kier alpha value is -0.710. The SMILES string of the molecule is CC(C)CNCC(Cc1cncs1)c1ccccc1Br. The van der Waals surface area contributed by atoms with E-state index in [-0.39, 0.29) is 0 Å². The summed E-state index contributed by atoms with van der Waals surface area (Å²) in [5.74, 6) is 1.16. The number of rotatable bonds is 7. The van der Waals surface area contributed by atoms with Crippen molar-refractivity contribution >= 4 is 27.3 Å². The van der Waals surface area contributed by atoms with Crippen molar-refractivity contribution in [1.29, 1.82) is 0 Å². The van der Waals surface area contributed by atoms with Gasteiger partial charge in [0.1, 0.15) is 0 Å². The molecule has 0 amide bonds. The molecule has 1 aromatic carbocycles. The van der Waals surface area contributed by atoms with Crippen LogP contribution in [-0.2, 0) is 6.42 Å². The van der Waals surface area contributed by atoms with Gasteiger partial charge in [-0.05, 0) is 30.5 Å². The average molecular weight is 353 g/mol. The van der Waals surface area contributed by atoms with Crippen molar-refractivity contribution in [1.82, 2.24) is 10.3 Å². The summed E-state index contributed by atoms with van der Waals surface area (Å²) in [5, 5.41) is 3.59. The molecule has 0 aliphatic carbocycles. The standard InChI is InChI=1S/C16H21BrN2S/c1-12(2)8-18-9-13(7-14-10-19-11-20-14)15-5-3-4-6-16(15)17/h3-6,10-13,18H,7-9H2,1-2H3. The van der Waals surface area contributed by atoms with E-state index in [1.54, 1.807) is 11.3 Å². The summed E-state index contributed by atoms with van der Waals surface area (Å²) < 4.78 is 1.20. The molecule has 1 N–H and O–H groups in total. The van der Waals surface area contributed by atoms with Crippen molar-refractivity contribution in [2.24, 2.45) is 5.92 Å². The van der Waals surface area contributed by atoms with Crippen molar-refractivity contribution in [3.05, 3.63) is 50.9 Å². The molecule has 0 aliphatic rings. The van der Waals surface area contributed by atoms with Gasteiger partial charge in [0.15, 0.2) is 0 Å². The van der Waals surface area contributed by atoms with Crippen LogP contribution >= 0.6 is 27.3 Å². The van der Waals surface area contributed by atoms with Crippen LogP contribution in [0.1, 0.15) is 30.2 Å². The van der Waals surface area contributed by atoms with Crippen molar-refractivity contribution in [2.45, 2.75) is 26.2 Å². The lowest BCUT2D eigenvalue weighted by molar-refractivity contribution is 0.514. The molecule has 2 nitrogen and oxygen atoms in total. The van der Waals surface area contributed by atoms with Gasteiger partial charge in [0.05, 0.1) is 5.51 Å². The van der Waals surface area contributed by atoms with Gasteiger partial charge in [0.2, 0.25) is 0 Å². The Morgan fingerprint density at radius 1 is 1.25 bits per heavy atom. The molecule has 1 heterocycles. The number of thiazole rings is 1. The first-order valence-electron chi connectivity index (χ1n) is 6.99. The van der Waals surface area contributed by atoms with Gasteiger partial charge in [-0.25, -0.2) is 0 Å². The van der Waals surface area contributed by atoms with Gasteiger partial charge in [-0.1, -0.05) is 48.0 Å². The minimum atomic E-state index is 0.477. The highest BCUT2D eigenvalue weighted by molar-refractivity contribution is 9.10. The van der Waals surface area contributed by atoms with E-state index >= 15 is 0 Å². The van der Waals surface area contributed by atoms with Crippen LogP contribution in [0.2, 0.25) is 0 Å². The van der Waals surface area contributed by atoms with Gasteiger partial charge >= 0.3 is 0 Å². The van der Waals surface area contributed by atoms with Crippen LogP contribution in [0, 0.1) is 5.92 Å². The number of hydrogen-bond donors (Lipinski definition) is 1. The van der Waals surface area contributed by atoms with Crippen LogP contribution in [0.5, 0.6) is 0 Å². The molecule has 2 aromatic rings. The summed E-state index contributed by atoms with van der Waals surface area (Å²) in [6.45, 7) is 6.54. The van der Waals surface area contributed by atoms with E-state index in [9.17, 15) is 0 Å². The van der Waals surface area contributed by atoms with Crippen molar-refractivity contribution < 1.29 is 0 Å². The van der Waals surface area contributed by atoms with E-state index in [0.717, 1.165) is 19.5 Å². The maximum Gasteiger partial charge on any atom is 0.0794 e. The molecule has 108 valence electrons. The van der Waals surface area contributed by atoms with Gasteiger partial charge in [-0.15, -0.1) is 11.3 Å². The van der Waals surface area contributed by atoms with Crippen molar-refractivity contribution in [3.63, 3.8) is 0 Å². The maximum absolute atomic E-state index is 4.19. The Bertz CT molecular complexity index is 511.